The van der Waals surface area contributed by atoms with E-state index in [1.165, 1.54) is 6.92 Å². The van der Waals surface area contributed by atoms with Crippen LogP contribution in [0.15, 0.2) is 42.5 Å². The second-order valence-corrected chi connectivity index (χ2v) is 6.67. The van der Waals surface area contributed by atoms with Gasteiger partial charge in [-0.1, -0.05) is 30.3 Å². The van der Waals surface area contributed by atoms with Crippen LogP contribution in [0.2, 0.25) is 0 Å². The van der Waals surface area contributed by atoms with Gasteiger partial charge in [0.25, 0.3) is 5.91 Å². The van der Waals surface area contributed by atoms with Crippen molar-refractivity contribution < 1.29 is 19.1 Å². The lowest BCUT2D eigenvalue weighted by atomic mass is 10.1. The van der Waals surface area contributed by atoms with Gasteiger partial charge in [-0.2, -0.15) is 0 Å². The minimum absolute atomic E-state index is 0.245. The largest absolute Gasteiger partial charge is 0.482 e. The smallest absolute Gasteiger partial charge is 0.344 e. The molecule has 0 aliphatic heterocycles. The summed E-state index contributed by atoms with van der Waals surface area (Å²) in [5, 5.41) is 4.89. The number of carbonyl (C=O) groups is 2. The van der Waals surface area contributed by atoms with Crippen molar-refractivity contribution >= 4 is 22.6 Å². The van der Waals surface area contributed by atoms with E-state index >= 15 is 0 Å². The molecule has 2 aromatic carbocycles. The van der Waals surface area contributed by atoms with E-state index in [0.717, 1.165) is 10.8 Å². The Morgan fingerprint density at radius 3 is 2.42 bits per heavy atom. The van der Waals surface area contributed by atoms with Crippen LogP contribution in [0.3, 0.4) is 0 Å². The molecule has 128 valence electrons. The summed E-state index contributed by atoms with van der Waals surface area (Å²) in [6.07, 6.45) is -0.864. The van der Waals surface area contributed by atoms with Crippen LogP contribution in [0, 0.1) is 0 Å². The summed E-state index contributed by atoms with van der Waals surface area (Å²) in [5.74, 6) is -0.335. The van der Waals surface area contributed by atoms with Crippen LogP contribution in [0.5, 0.6) is 5.75 Å². The molecule has 5 nitrogen and oxygen atoms in total. The van der Waals surface area contributed by atoms with Crippen LogP contribution in [0.25, 0.3) is 10.8 Å². The lowest BCUT2D eigenvalue weighted by Gasteiger charge is -2.23. The Labute approximate surface area is 141 Å². The van der Waals surface area contributed by atoms with Crippen LogP contribution < -0.4 is 10.1 Å². The Morgan fingerprint density at radius 2 is 1.75 bits per heavy atom. The highest BCUT2D eigenvalue weighted by Crippen LogP contribution is 2.20. The molecule has 0 saturated heterocycles. The minimum Gasteiger partial charge on any atom is -0.482 e. The molecule has 24 heavy (non-hydrogen) atoms. The van der Waals surface area contributed by atoms with Crippen molar-refractivity contribution in [2.24, 2.45) is 0 Å². The van der Waals surface area contributed by atoms with Crippen molar-refractivity contribution in [2.45, 2.75) is 39.3 Å². The lowest BCUT2D eigenvalue weighted by Crippen LogP contribution is -2.46. The van der Waals surface area contributed by atoms with Crippen LogP contribution >= 0.6 is 0 Å². The molecule has 1 amide bonds. The molecule has 1 N–H and O–H groups in total. The molecule has 0 aliphatic carbocycles. The average molecular weight is 329 g/mol. The number of hydrogen-bond donors (Lipinski definition) is 1. The summed E-state index contributed by atoms with van der Waals surface area (Å²) in [7, 11) is 0. The number of ether oxygens (including phenoxy) is 2. The van der Waals surface area contributed by atoms with Crippen LogP contribution in [-0.4, -0.2) is 30.1 Å². The summed E-state index contributed by atoms with van der Waals surface area (Å²) in [4.78, 5) is 23.7. The topological polar surface area (TPSA) is 64.6 Å². The highest BCUT2D eigenvalue weighted by Gasteiger charge is 2.22. The zero-order valence-corrected chi connectivity index (χ0v) is 14.5. The number of benzene rings is 2. The van der Waals surface area contributed by atoms with Gasteiger partial charge in [0.1, 0.15) is 5.75 Å². The number of hydrogen-bond acceptors (Lipinski definition) is 4. The van der Waals surface area contributed by atoms with Gasteiger partial charge in [0.15, 0.2) is 12.7 Å². The average Bonchev–Trinajstić information content (AvgIpc) is 2.51. The van der Waals surface area contributed by atoms with Gasteiger partial charge in [-0.05, 0) is 50.6 Å². The third-order valence-electron chi connectivity index (χ3n) is 3.25. The Balaban J connectivity index is 1.86. The van der Waals surface area contributed by atoms with Crippen molar-refractivity contribution in [3.63, 3.8) is 0 Å². The third kappa shape index (κ3) is 5.26. The maximum Gasteiger partial charge on any atom is 0.344 e. The molecule has 0 saturated carbocycles. The Bertz CT molecular complexity index is 733. The van der Waals surface area contributed by atoms with Gasteiger partial charge >= 0.3 is 5.97 Å². The molecule has 0 radical (unpaired) electrons. The summed E-state index contributed by atoms with van der Waals surface area (Å²) in [5.41, 5.74) is -0.376. The summed E-state index contributed by atoms with van der Waals surface area (Å²) < 4.78 is 10.5. The molecule has 0 heterocycles. The number of fused-ring (bicyclic) bond motifs is 1. The van der Waals surface area contributed by atoms with E-state index in [0.29, 0.717) is 5.75 Å². The van der Waals surface area contributed by atoms with Crippen molar-refractivity contribution in [2.75, 3.05) is 6.61 Å². The van der Waals surface area contributed by atoms with Gasteiger partial charge in [0, 0.05) is 5.54 Å². The van der Waals surface area contributed by atoms with E-state index in [1.807, 2.05) is 57.2 Å². The minimum atomic E-state index is -0.864. The van der Waals surface area contributed by atoms with Gasteiger partial charge < -0.3 is 14.8 Å². The maximum absolute atomic E-state index is 11.9. The fraction of sp³-hybridized carbons (Fsp3) is 0.368. The maximum atomic E-state index is 11.9. The van der Waals surface area contributed by atoms with Crippen molar-refractivity contribution in [3.8, 4) is 5.75 Å². The summed E-state index contributed by atoms with van der Waals surface area (Å²) in [6, 6.07) is 13.5. The predicted octanol–water partition coefficient (Wildman–Crippen LogP) is 3.07. The van der Waals surface area contributed by atoms with Crippen molar-refractivity contribution in [1.82, 2.24) is 5.32 Å². The fourth-order valence-electron chi connectivity index (χ4n) is 2.16. The second-order valence-electron chi connectivity index (χ2n) is 6.67. The van der Waals surface area contributed by atoms with E-state index in [4.69, 9.17) is 9.47 Å². The fourth-order valence-corrected chi connectivity index (χ4v) is 2.16. The Kier molecular flexibility index (Phi) is 5.44. The van der Waals surface area contributed by atoms with E-state index in [2.05, 4.69) is 5.32 Å². The number of amides is 1. The van der Waals surface area contributed by atoms with E-state index in [9.17, 15) is 9.59 Å². The molecule has 2 rings (SSSR count). The SMILES string of the molecule is CC(OC(=O)COc1ccc2ccccc2c1)C(=O)NC(C)(C)C. The summed E-state index contributed by atoms with van der Waals surface area (Å²) in [6.45, 7) is 6.88. The van der Waals surface area contributed by atoms with Crippen LogP contribution in [0.4, 0.5) is 0 Å². The highest BCUT2D eigenvalue weighted by atomic mass is 16.6. The molecule has 1 atom stereocenters. The molecule has 0 aromatic heterocycles. The highest BCUT2D eigenvalue weighted by molar-refractivity contribution is 5.85. The van der Waals surface area contributed by atoms with Crippen LogP contribution in [-0.2, 0) is 14.3 Å². The molecule has 2 aromatic rings. The number of nitrogens with one attached hydrogen (secondary N) is 1. The van der Waals surface area contributed by atoms with Crippen molar-refractivity contribution in [1.29, 1.82) is 0 Å². The molecule has 0 aliphatic rings. The normalized spacial score (nSPS) is 12.5. The first-order valence-electron chi connectivity index (χ1n) is 7.88. The predicted molar refractivity (Wildman–Crippen MR) is 92.9 cm³/mol. The second kappa shape index (κ2) is 7.34. The van der Waals surface area contributed by atoms with Gasteiger partial charge in [-0.25, -0.2) is 4.79 Å². The van der Waals surface area contributed by atoms with E-state index in [-0.39, 0.29) is 18.1 Å². The third-order valence-corrected chi connectivity index (χ3v) is 3.25. The zero-order chi connectivity index (χ0) is 17.7. The molecule has 1 unspecified atom stereocenters. The quantitative estimate of drug-likeness (QED) is 0.856. The Morgan fingerprint density at radius 1 is 1.08 bits per heavy atom. The molecular weight excluding hydrogens is 306 g/mol. The molecule has 0 fully saturated rings. The first-order chi connectivity index (χ1) is 11.2. The van der Waals surface area contributed by atoms with Gasteiger partial charge in [0.2, 0.25) is 0 Å². The monoisotopic (exact) mass is 329 g/mol. The standard InChI is InChI=1S/C19H23NO4/c1-13(18(22)20-19(2,3)4)24-17(21)12-23-16-10-9-14-7-5-6-8-15(14)11-16/h5-11,13H,12H2,1-4H3,(H,20,22). The Hall–Kier alpha value is -2.56. The zero-order valence-electron chi connectivity index (χ0n) is 14.5. The van der Waals surface area contributed by atoms with Gasteiger partial charge in [-0.15, -0.1) is 0 Å². The first kappa shape index (κ1) is 17.8. The first-order valence-corrected chi connectivity index (χ1v) is 7.88. The summed E-state index contributed by atoms with van der Waals surface area (Å²) >= 11 is 0. The molecule has 0 spiro atoms. The number of carbonyl (C=O) groups excluding carboxylic acids is 2. The van der Waals surface area contributed by atoms with Gasteiger partial charge in [0.05, 0.1) is 0 Å². The number of esters is 1. The van der Waals surface area contributed by atoms with Crippen LogP contribution in [0.1, 0.15) is 27.7 Å². The van der Waals surface area contributed by atoms with Gasteiger partial charge in [-0.3, -0.25) is 4.79 Å². The van der Waals surface area contributed by atoms with Crippen molar-refractivity contribution in [3.05, 3.63) is 42.5 Å². The lowest BCUT2D eigenvalue weighted by molar-refractivity contribution is -0.157. The molecular formula is C19H23NO4. The molecule has 5 heteroatoms. The number of rotatable bonds is 5. The molecule has 0 bridgehead atoms. The van der Waals surface area contributed by atoms with E-state index in [1.54, 1.807) is 6.07 Å². The van der Waals surface area contributed by atoms with E-state index < -0.39 is 12.1 Å².